The van der Waals surface area contributed by atoms with Crippen molar-refractivity contribution in [2.75, 3.05) is 20.2 Å². The quantitative estimate of drug-likeness (QED) is 0.829. The minimum Gasteiger partial charge on any atom is -0.480 e. The predicted molar refractivity (Wildman–Crippen MR) is 69.4 cm³/mol. The van der Waals surface area contributed by atoms with E-state index in [2.05, 4.69) is 5.32 Å². The number of likely N-dealkylation sites (tertiary alicyclic amines) is 1. The molecule has 1 aliphatic heterocycles. The molecule has 2 unspecified atom stereocenters. The molecule has 0 radical (unpaired) electrons. The second-order valence-corrected chi connectivity index (χ2v) is 4.66. The van der Waals surface area contributed by atoms with Gasteiger partial charge in [0.1, 0.15) is 11.8 Å². The number of furan rings is 1. The zero-order valence-electron chi connectivity index (χ0n) is 11.2. The van der Waals surface area contributed by atoms with E-state index in [0.29, 0.717) is 25.9 Å². The third-order valence-electron chi connectivity index (χ3n) is 3.37. The van der Waals surface area contributed by atoms with Gasteiger partial charge >= 0.3 is 12.0 Å². The molecule has 1 fully saturated rings. The van der Waals surface area contributed by atoms with Crippen molar-refractivity contribution >= 4 is 12.0 Å². The van der Waals surface area contributed by atoms with Gasteiger partial charge < -0.3 is 24.5 Å². The number of carbonyl (C=O) groups excluding carboxylic acids is 1. The number of rotatable bonds is 5. The molecule has 0 bridgehead atoms. The van der Waals surface area contributed by atoms with Crippen LogP contribution in [0.15, 0.2) is 22.8 Å². The lowest BCUT2D eigenvalue weighted by molar-refractivity contribution is -0.141. The summed E-state index contributed by atoms with van der Waals surface area (Å²) in [5, 5.41) is 11.8. The number of carbonyl (C=O) groups is 2. The molecule has 1 aromatic rings. The molecular weight excluding hydrogens is 264 g/mol. The first kappa shape index (κ1) is 14.4. The Balaban J connectivity index is 1.85. The first-order valence-electron chi connectivity index (χ1n) is 6.44. The molecule has 2 rings (SSSR count). The number of amides is 2. The van der Waals surface area contributed by atoms with Crippen LogP contribution in [0.1, 0.15) is 12.2 Å². The maximum absolute atomic E-state index is 12.0. The van der Waals surface area contributed by atoms with Gasteiger partial charge in [-0.25, -0.2) is 9.59 Å². The van der Waals surface area contributed by atoms with Crippen molar-refractivity contribution < 1.29 is 23.8 Å². The Morgan fingerprint density at radius 3 is 3.00 bits per heavy atom. The van der Waals surface area contributed by atoms with Crippen LogP contribution in [0, 0.1) is 0 Å². The molecule has 2 amide bonds. The summed E-state index contributed by atoms with van der Waals surface area (Å²) in [5.74, 6) is -0.234. The van der Waals surface area contributed by atoms with Gasteiger partial charge in [-0.15, -0.1) is 0 Å². The lowest BCUT2D eigenvalue weighted by Gasteiger charge is -2.21. The number of hydrogen-bond donors (Lipinski definition) is 2. The molecule has 7 heteroatoms. The molecule has 1 aliphatic rings. The van der Waals surface area contributed by atoms with Crippen molar-refractivity contribution in [3.8, 4) is 0 Å². The SMILES string of the molecule is COC1CC(C(=O)O)N(C(=O)NCCc2ccco2)C1. The molecule has 20 heavy (non-hydrogen) atoms. The molecule has 0 aromatic carbocycles. The number of ether oxygens (including phenoxy) is 1. The molecule has 0 saturated carbocycles. The summed E-state index contributed by atoms with van der Waals surface area (Å²) in [4.78, 5) is 24.5. The van der Waals surface area contributed by atoms with E-state index < -0.39 is 12.0 Å². The van der Waals surface area contributed by atoms with E-state index in [1.807, 2.05) is 6.07 Å². The van der Waals surface area contributed by atoms with Crippen LogP contribution in [0.3, 0.4) is 0 Å². The highest BCUT2D eigenvalue weighted by molar-refractivity contribution is 5.83. The molecule has 2 N–H and O–H groups in total. The summed E-state index contributed by atoms with van der Waals surface area (Å²) in [6, 6.07) is 2.39. The van der Waals surface area contributed by atoms with Crippen LogP contribution in [0.5, 0.6) is 0 Å². The van der Waals surface area contributed by atoms with Crippen LogP contribution in [0.4, 0.5) is 4.79 Å². The Morgan fingerprint density at radius 2 is 2.40 bits per heavy atom. The van der Waals surface area contributed by atoms with Gasteiger partial charge in [0.25, 0.3) is 0 Å². The molecular formula is C13H18N2O5. The number of aliphatic carboxylic acids is 1. The van der Waals surface area contributed by atoms with Gasteiger partial charge in [-0.3, -0.25) is 0 Å². The predicted octanol–water partition coefficient (Wildman–Crippen LogP) is 0.706. The van der Waals surface area contributed by atoms with E-state index in [9.17, 15) is 9.59 Å². The number of hydrogen-bond acceptors (Lipinski definition) is 4. The van der Waals surface area contributed by atoms with Crippen molar-refractivity contribution in [3.63, 3.8) is 0 Å². The van der Waals surface area contributed by atoms with Gasteiger partial charge in [0, 0.05) is 33.0 Å². The van der Waals surface area contributed by atoms with Crippen LogP contribution in [0.25, 0.3) is 0 Å². The average Bonchev–Trinajstić information content (AvgIpc) is 3.07. The average molecular weight is 282 g/mol. The first-order chi connectivity index (χ1) is 9.61. The smallest absolute Gasteiger partial charge is 0.326 e. The first-order valence-corrected chi connectivity index (χ1v) is 6.44. The van der Waals surface area contributed by atoms with E-state index in [0.717, 1.165) is 5.76 Å². The van der Waals surface area contributed by atoms with Crippen LogP contribution < -0.4 is 5.32 Å². The molecule has 1 aromatic heterocycles. The van der Waals surface area contributed by atoms with E-state index in [4.69, 9.17) is 14.3 Å². The molecule has 2 atom stereocenters. The van der Waals surface area contributed by atoms with E-state index >= 15 is 0 Å². The molecule has 0 aliphatic carbocycles. The molecule has 0 spiro atoms. The van der Waals surface area contributed by atoms with Crippen molar-refractivity contribution in [1.29, 1.82) is 0 Å². The monoisotopic (exact) mass is 282 g/mol. The van der Waals surface area contributed by atoms with Crippen LogP contribution in [-0.4, -0.2) is 54.4 Å². The summed E-state index contributed by atoms with van der Waals surface area (Å²) >= 11 is 0. The molecule has 2 heterocycles. The maximum Gasteiger partial charge on any atom is 0.326 e. The maximum atomic E-state index is 12.0. The number of nitrogens with zero attached hydrogens (tertiary/aromatic N) is 1. The van der Waals surface area contributed by atoms with E-state index in [1.54, 1.807) is 12.3 Å². The highest BCUT2D eigenvalue weighted by atomic mass is 16.5. The highest BCUT2D eigenvalue weighted by Gasteiger charge is 2.39. The second kappa shape index (κ2) is 6.42. The Hall–Kier alpha value is -2.02. The molecule has 1 saturated heterocycles. The third-order valence-corrected chi connectivity index (χ3v) is 3.37. The molecule has 110 valence electrons. The van der Waals surface area contributed by atoms with Gasteiger partial charge in [0.2, 0.25) is 0 Å². The lowest BCUT2D eigenvalue weighted by Crippen LogP contribution is -2.46. The standard InChI is InChI=1S/C13H18N2O5/c1-19-10-7-11(12(16)17)15(8-10)13(18)14-5-4-9-3-2-6-20-9/h2-3,6,10-11H,4-5,7-8H2,1H3,(H,14,18)(H,16,17). The van der Waals surface area contributed by atoms with E-state index in [-0.39, 0.29) is 12.1 Å². The van der Waals surface area contributed by atoms with Gasteiger partial charge in [-0.1, -0.05) is 0 Å². The Morgan fingerprint density at radius 1 is 1.60 bits per heavy atom. The van der Waals surface area contributed by atoms with Gasteiger partial charge in [-0.2, -0.15) is 0 Å². The Labute approximate surface area is 116 Å². The fourth-order valence-corrected chi connectivity index (χ4v) is 2.28. The minimum absolute atomic E-state index is 0.230. The minimum atomic E-state index is -1.01. The number of methoxy groups -OCH3 is 1. The molecule has 7 nitrogen and oxygen atoms in total. The zero-order chi connectivity index (χ0) is 14.5. The van der Waals surface area contributed by atoms with Gasteiger partial charge in [0.15, 0.2) is 0 Å². The number of nitrogens with one attached hydrogen (secondary N) is 1. The largest absolute Gasteiger partial charge is 0.480 e. The summed E-state index contributed by atoms with van der Waals surface area (Å²) in [6.07, 6.45) is 2.23. The summed E-state index contributed by atoms with van der Waals surface area (Å²) in [6.45, 7) is 0.687. The van der Waals surface area contributed by atoms with Crippen molar-refractivity contribution in [3.05, 3.63) is 24.2 Å². The summed E-state index contributed by atoms with van der Waals surface area (Å²) in [7, 11) is 1.52. The number of carboxylic acid groups (broad SMARTS) is 1. The lowest BCUT2D eigenvalue weighted by atomic mass is 10.2. The Bertz CT molecular complexity index is 459. The topological polar surface area (TPSA) is 92.0 Å². The normalized spacial score (nSPS) is 21.9. The van der Waals surface area contributed by atoms with Crippen molar-refractivity contribution in [2.24, 2.45) is 0 Å². The Kier molecular flexibility index (Phi) is 4.62. The van der Waals surface area contributed by atoms with Crippen LogP contribution in [-0.2, 0) is 16.0 Å². The zero-order valence-corrected chi connectivity index (χ0v) is 11.2. The fraction of sp³-hybridized carbons (Fsp3) is 0.538. The van der Waals surface area contributed by atoms with Crippen LogP contribution in [0.2, 0.25) is 0 Å². The third kappa shape index (κ3) is 3.30. The highest BCUT2D eigenvalue weighted by Crippen LogP contribution is 2.20. The second-order valence-electron chi connectivity index (χ2n) is 4.66. The van der Waals surface area contributed by atoms with Crippen molar-refractivity contribution in [2.45, 2.75) is 25.0 Å². The summed E-state index contributed by atoms with van der Waals surface area (Å²) < 4.78 is 10.3. The van der Waals surface area contributed by atoms with Gasteiger partial charge in [0.05, 0.1) is 12.4 Å². The van der Waals surface area contributed by atoms with Gasteiger partial charge in [-0.05, 0) is 12.1 Å². The number of urea groups is 1. The summed E-state index contributed by atoms with van der Waals surface area (Å²) in [5.41, 5.74) is 0. The van der Waals surface area contributed by atoms with E-state index in [1.165, 1.54) is 12.0 Å². The van der Waals surface area contributed by atoms with Crippen LogP contribution >= 0.6 is 0 Å². The van der Waals surface area contributed by atoms with Crippen molar-refractivity contribution in [1.82, 2.24) is 10.2 Å². The fourth-order valence-electron chi connectivity index (χ4n) is 2.28. The number of carboxylic acids is 1.